The van der Waals surface area contributed by atoms with Crippen molar-refractivity contribution in [2.75, 3.05) is 25.1 Å². The van der Waals surface area contributed by atoms with E-state index in [2.05, 4.69) is 22.1 Å². The fourth-order valence-electron chi connectivity index (χ4n) is 1.69. The van der Waals surface area contributed by atoms with Crippen LogP contribution in [0.15, 0.2) is 4.52 Å². The molecule has 2 unspecified atom stereocenters. The molecule has 0 spiro atoms. The van der Waals surface area contributed by atoms with Gasteiger partial charge >= 0.3 is 0 Å². The van der Waals surface area contributed by atoms with E-state index in [1.807, 2.05) is 11.8 Å². The van der Waals surface area contributed by atoms with Crippen molar-refractivity contribution in [3.8, 4) is 0 Å². The van der Waals surface area contributed by atoms with E-state index in [0.717, 1.165) is 18.1 Å². The number of rotatable bonds is 3. The second-order valence-electron chi connectivity index (χ2n) is 4.39. The summed E-state index contributed by atoms with van der Waals surface area (Å²) in [5, 5.41) is 4.00. The van der Waals surface area contributed by atoms with Gasteiger partial charge in [-0.2, -0.15) is 16.7 Å². The molecular weight excluding hydrogens is 238 g/mol. The van der Waals surface area contributed by atoms with Crippen LogP contribution in [0.5, 0.6) is 0 Å². The van der Waals surface area contributed by atoms with Crippen LogP contribution in [0.1, 0.15) is 37.5 Å². The first-order valence-electron chi connectivity index (χ1n) is 5.71. The van der Waals surface area contributed by atoms with Gasteiger partial charge in [0.2, 0.25) is 5.89 Å². The fraction of sp³-hybridized carbons (Fsp3) is 0.727. The number of Topliss-reactive ketones (excluding diaryl/α,β-unsaturated/α-hetero) is 1. The number of nitrogens with zero attached hydrogens (tertiary/aromatic N) is 3. The molecule has 0 saturated carbocycles. The van der Waals surface area contributed by atoms with Gasteiger partial charge in [-0.25, -0.2) is 0 Å². The van der Waals surface area contributed by atoms with Crippen LogP contribution < -0.4 is 0 Å². The smallest absolute Gasteiger partial charge is 0.236 e. The fourth-order valence-corrected chi connectivity index (χ4v) is 2.90. The standard InChI is InChI=1S/C11H17N3O2S/c1-7(8(2)15)11-12-10(13-16-11)9-6-17-5-4-14(9)3/h7,9H,4-6H2,1-3H3. The molecule has 0 amide bonds. The number of carbonyl (C=O) groups excluding carboxylic acids is 1. The minimum Gasteiger partial charge on any atom is -0.339 e. The number of thioether (sulfide) groups is 1. The highest BCUT2D eigenvalue weighted by atomic mass is 32.2. The van der Waals surface area contributed by atoms with Gasteiger partial charge in [0.1, 0.15) is 5.78 Å². The van der Waals surface area contributed by atoms with E-state index in [4.69, 9.17) is 4.52 Å². The van der Waals surface area contributed by atoms with Crippen LogP contribution in [0.2, 0.25) is 0 Å². The third kappa shape index (κ3) is 2.69. The van der Waals surface area contributed by atoms with Crippen molar-refractivity contribution in [2.45, 2.75) is 25.8 Å². The van der Waals surface area contributed by atoms with Gasteiger partial charge in [0.15, 0.2) is 5.82 Å². The summed E-state index contributed by atoms with van der Waals surface area (Å²) in [6.45, 7) is 4.36. The van der Waals surface area contributed by atoms with Crippen molar-refractivity contribution in [1.29, 1.82) is 0 Å². The molecule has 0 aliphatic carbocycles. The first-order valence-corrected chi connectivity index (χ1v) is 6.87. The molecule has 5 nitrogen and oxygen atoms in total. The second-order valence-corrected chi connectivity index (χ2v) is 5.54. The van der Waals surface area contributed by atoms with Gasteiger partial charge in [-0.15, -0.1) is 0 Å². The average molecular weight is 255 g/mol. The Labute approximate surface area is 105 Å². The van der Waals surface area contributed by atoms with Gasteiger partial charge in [-0.3, -0.25) is 9.69 Å². The lowest BCUT2D eigenvalue weighted by Crippen LogP contribution is -2.33. The molecule has 0 radical (unpaired) electrons. The molecule has 1 aliphatic rings. The van der Waals surface area contributed by atoms with Gasteiger partial charge < -0.3 is 4.52 Å². The Morgan fingerprint density at radius 2 is 2.41 bits per heavy atom. The number of ketones is 1. The summed E-state index contributed by atoms with van der Waals surface area (Å²) in [7, 11) is 2.06. The average Bonchev–Trinajstić information content (AvgIpc) is 2.77. The maximum atomic E-state index is 11.3. The zero-order valence-corrected chi connectivity index (χ0v) is 11.2. The van der Waals surface area contributed by atoms with Crippen LogP contribution in [-0.2, 0) is 4.79 Å². The largest absolute Gasteiger partial charge is 0.339 e. The normalized spacial score (nSPS) is 23.6. The topological polar surface area (TPSA) is 59.2 Å². The van der Waals surface area contributed by atoms with Gasteiger partial charge in [0.25, 0.3) is 0 Å². The number of carbonyl (C=O) groups is 1. The maximum Gasteiger partial charge on any atom is 0.236 e. The molecule has 94 valence electrons. The molecule has 1 fully saturated rings. The first-order chi connectivity index (χ1) is 8.09. The Kier molecular flexibility index (Phi) is 3.83. The summed E-state index contributed by atoms with van der Waals surface area (Å²) in [4.78, 5) is 17.8. The number of hydrogen-bond acceptors (Lipinski definition) is 6. The molecule has 6 heteroatoms. The van der Waals surface area contributed by atoms with E-state index in [0.29, 0.717) is 11.7 Å². The highest BCUT2D eigenvalue weighted by molar-refractivity contribution is 7.99. The third-order valence-electron chi connectivity index (χ3n) is 3.13. The molecule has 1 saturated heterocycles. The lowest BCUT2D eigenvalue weighted by molar-refractivity contribution is -0.118. The third-order valence-corrected chi connectivity index (χ3v) is 4.15. The molecule has 0 aromatic carbocycles. The van der Waals surface area contributed by atoms with Crippen LogP contribution in [0.4, 0.5) is 0 Å². The zero-order valence-electron chi connectivity index (χ0n) is 10.3. The van der Waals surface area contributed by atoms with Crippen molar-refractivity contribution in [3.63, 3.8) is 0 Å². The van der Waals surface area contributed by atoms with Crippen LogP contribution in [-0.4, -0.2) is 45.9 Å². The molecule has 2 rings (SSSR count). The predicted octanol–water partition coefficient (Wildman–Crippen LogP) is 1.48. The highest BCUT2D eigenvalue weighted by Crippen LogP contribution is 2.27. The second kappa shape index (κ2) is 5.18. The molecule has 1 aliphatic heterocycles. The lowest BCUT2D eigenvalue weighted by atomic mass is 10.1. The molecule has 1 aromatic heterocycles. The lowest BCUT2D eigenvalue weighted by Gasteiger charge is -2.29. The van der Waals surface area contributed by atoms with E-state index in [1.54, 1.807) is 6.92 Å². The van der Waals surface area contributed by atoms with E-state index >= 15 is 0 Å². The molecule has 0 bridgehead atoms. The van der Waals surface area contributed by atoms with E-state index in [1.165, 1.54) is 6.92 Å². The minimum absolute atomic E-state index is 0.0478. The summed E-state index contributed by atoms with van der Waals surface area (Å²) in [6, 6.07) is 0.199. The predicted molar refractivity (Wildman–Crippen MR) is 66.1 cm³/mol. The molecule has 2 heterocycles. The Morgan fingerprint density at radius 3 is 3.06 bits per heavy atom. The minimum atomic E-state index is -0.308. The van der Waals surface area contributed by atoms with Crippen LogP contribution in [0, 0.1) is 0 Å². The van der Waals surface area contributed by atoms with Crippen molar-refractivity contribution >= 4 is 17.5 Å². The first kappa shape index (κ1) is 12.6. The summed E-state index contributed by atoms with van der Waals surface area (Å²) >= 11 is 1.90. The van der Waals surface area contributed by atoms with E-state index < -0.39 is 0 Å². The summed E-state index contributed by atoms with van der Waals surface area (Å²) < 4.78 is 5.17. The molecule has 17 heavy (non-hydrogen) atoms. The van der Waals surface area contributed by atoms with Crippen molar-refractivity contribution in [2.24, 2.45) is 0 Å². The zero-order chi connectivity index (χ0) is 12.4. The Balaban J connectivity index is 2.14. The molecular formula is C11H17N3O2S. The Hall–Kier alpha value is -0.880. The molecule has 0 N–H and O–H groups in total. The molecule has 2 atom stereocenters. The van der Waals surface area contributed by atoms with Crippen molar-refractivity contribution in [3.05, 3.63) is 11.7 Å². The van der Waals surface area contributed by atoms with Crippen molar-refractivity contribution in [1.82, 2.24) is 15.0 Å². The van der Waals surface area contributed by atoms with Crippen LogP contribution in [0.25, 0.3) is 0 Å². The van der Waals surface area contributed by atoms with Crippen LogP contribution in [0.3, 0.4) is 0 Å². The van der Waals surface area contributed by atoms with Gasteiger partial charge in [0.05, 0.1) is 12.0 Å². The number of aromatic nitrogens is 2. The van der Waals surface area contributed by atoms with E-state index in [-0.39, 0.29) is 17.7 Å². The van der Waals surface area contributed by atoms with Crippen molar-refractivity contribution < 1.29 is 9.32 Å². The highest BCUT2D eigenvalue weighted by Gasteiger charge is 2.27. The summed E-state index contributed by atoms with van der Waals surface area (Å²) in [5.74, 6) is 2.98. The van der Waals surface area contributed by atoms with Crippen LogP contribution >= 0.6 is 11.8 Å². The van der Waals surface area contributed by atoms with Gasteiger partial charge in [0, 0.05) is 18.1 Å². The quantitative estimate of drug-likeness (QED) is 0.815. The Bertz CT molecular complexity index is 407. The SMILES string of the molecule is CC(=O)C(C)c1nc(C2CSCCN2C)no1. The summed E-state index contributed by atoms with van der Waals surface area (Å²) in [6.07, 6.45) is 0. The van der Waals surface area contributed by atoms with Gasteiger partial charge in [-0.1, -0.05) is 5.16 Å². The maximum absolute atomic E-state index is 11.3. The monoisotopic (exact) mass is 255 g/mol. The Morgan fingerprint density at radius 1 is 1.65 bits per heavy atom. The number of hydrogen-bond donors (Lipinski definition) is 0. The molecule has 1 aromatic rings. The van der Waals surface area contributed by atoms with Gasteiger partial charge in [-0.05, 0) is 20.9 Å². The summed E-state index contributed by atoms with van der Waals surface area (Å²) in [5.41, 5.74) is 0. The van der Waals surface area contributed by atoms with E-state index in [9.17, 15) is 4.79 Å².